The summed E-state index contributed by atoms with van der Waals surface area (Å²) < 4.78 is 1.76. The third-order valence-corrected chi connectivity index (χ3v) is 3.00. The molecule has 0 unspecified atom stereocenters. The molecule has 0 radical (unpaired) electrons. The fourth-order valence-corrected chi connectivity index (χ4v) is 1.75. The minimum Gasteiger partial charge on any atom is -0.378 e. The van der Waals surface area contributed by atoms with Crippen LogP contribution in [-0.2, 0) is 13.6 Å². The van der Waals surface area contributed by atoms with Crippen LogP contribution in [0.5, 0.6) is 0 Å². The lowest BCUT2D eigenvalue weighted by atomic mass is 10.3. The first-order chi connectivity index (χ1) is 7.66. The lowest BCUT2D eigenvalue weighted by molar-refractivity contribution is 0.747. The van der Waals surface area contributed by atoms with Crippen LogP contribution in [-0.4, -0.2) is 9.78 Å². The van der Waals surface area contributed by atoms with Crippen molar-refractivity contribution in [1.29, 1.82) is 0 Å². The van der Waals surface area contributed by atoms with Crippen LogP contribution < -0.4 is 5.32 Å². The highest BCUT2D eigenvalue weighted by Crippen LogP contribution is 2.29. The van der Waals surface area contributed by atoms with E-state index in [1.165, 1.54) is 0 Å². The number of hydrogen-bond acceptors (Lipinski definition) is 2. The summed E-state index contributed by atoms with van der Waals surface area (Å²) >= 11 is 12.0. The van der Waals surface area contributed by atoms with Crippen LogP contribution in [0.1, 0.15) is 5.69 Å². The molecule has 3 nitrogen and oxygen atoms in total. The maximum Gasteiger partial charge on any atom is 0.0823 e. The normalized spacial score (nSPS) is 10.4. The highest BCUT2D eigenvalue weighted by atomic mass is 35.5. The molecule has 2 rings (SSSR count). The van der Waals surface area contributed by atoms with Gasteiger partial charge in [-0.05, 0) is 18.2 Å². The largest absolute Gasteiger partial charge is 0.378 e. The van der Waals surface area contributed by atoms with Gasteiger partial charge >= 0.3 is 0 Å². The molecule has 16 heavy (non-hydrogen) atoms. The summed E-state index contributed by atoms with van der Waals surface area (Å²) in [6, 6.07) is 7.45. The van der Waals surface area contributed by atoms with E-state index >= 15 is 0 Å². The molecule has 0 bridgehead atoms. The summed E-state index contributed by atoms with van der Waals surface area (Å²) in [7, 11) is 1.88. The Kier molecular flexibility index (Phi) is 3.36. The van der Waals surface area contributed by atoms with Gasteiger partial charge in [0.25, 0.3) is 0 Å². The standard InChI is InChI=1S/C11H11Cl2N3/c1-16-6-5-8(15-16)7-14-10-4-2-3-9(12)11(10)13/h2-6,14H,7H2,1H3. The third kappa shape index (κ3) is 2.49. The van der Waals surface area contributed by atoms with Gasteiger partial charge in [-0.1, -0.05) is 29.3 Å². The number of anilines is 1. The molecule has 0 aliphatic heterocycles. The fraction of sp³-hybridized carbons (Fsp3) is 0.182. The summed E-state index contributed by atoms with van der Waals surface area (Å²) in [5, 5.41) is 8.54. The van der Waals surface area contributed by atoms with Crippen molar-refractivity contribution in [3.05, 3.63) is 46.2 Å². The van der Waals surface area contributed by atoms with Crippen LogP contribution >= 0.6 is 23.2 Å². The van der Waals surface area contributed by atoms with E-state index in [1.54, 1.807) is 10.7 Å². The van der Waals surface area contributed by atoms with E-state index < -0.39 is 0 Å². The Morgan fingerprint density at radius 1 is 1.31 bits per heavy atom. The van der Waals surface area contributed by atoms with Gasteiger partial charge in [0.1, 0.15) is 0 Å². The molecule has 0 atom stereocenters. The molecule has 1 heterocycles. The van der Waals surface area contributed by atoms with Crippen LogP contribution in [0.25, 0.3) is 0 Å². The van der Waals surface area contributed by atoms with Crippen molar-refractivity contribution < 1.29 is 0 Å². The Labute approximate surface area is 104 Å². The number of benzene rings is 1. The molecule has 0 spiro atoms. The molecular weight excluding hydrogens is 245 g/mol. The number of nitrogens with one attached hydrogen (secondary N) is 1. The van der Waals surface area contributed by atoms with Gasteiger partial charge in [0.15, 0.2) is 0 Å². The maximum atomic E-state index is 6.04. The lowest BCUT2D eigenvalue weighted by Crippen LogP contribution is -2.01. The average molecular weight is 256 g/mol. The van der Waals surface area contributed by atoms with Crippen LogP contribution in [0.2, 0.25) is 10.0 Å². The van der Waals surface area contributed by atoms with E-state index in [9.17, 15) is 0 Å². The quantitative estimate of drug-likeness (QED) is 0.912. The van der Waals surface area contributed by atoms with Crippen molar-refractivity contribution >= 4 is 28.9 Å². The van der Waals surface area contributed by atoms with E-state index in [0.717, 1.165) is 11.4 Å². The van der Waals surface area contributed by atoms with Gasteiger partial charge in [-0.25, -0.2) is 0 Å². The summed E-state index contributed by atoms with van der Waals surface area (Å²) in [6.45, 7) is 0.626. The molecule has 0 aliphatic rings. The van der Waals surface area contributed by atoms with Gasteiger partial charge < -0.3 is 5.32 Å². The monoisotopic (exact) mass is 255 g/mol. The second kappa shape index (κ2) is 4.76. The fourth-order valence-electron chi connectivity index (χ4n) is 1.38. The van der Waals surface area contributed by atoms with E-state index in [0.29, 0.717) is 16.6 Å². The Balaban J connectivity index is 2.07. The van der Waals surface area contributed by atoms with Gasteiger partial charge in [-0.3, -0.25) is 4.68 Å². The minimum absolute atomic E-state index is 0.542. The number of aromatic nitrogens is 2. The Bertz CT molecular complexity index is 494. The summed E-state index contributed by atoms with van der Waals surface area (Å²) in [6.07, 6.45) is 1.90. The molecule has 2 aromatic rings. The SMILES string of the molecule is Cn1ccc(CNc2cccc(Cl)c2Cl)n1. The number of rotatable bonds is 3. The molecule has 84 valence electrons. The van der Waals surface area contributed by atoms with Crippen LogP contribution in [0.3, 0.4) is 0 Å². The van der Waals surface area contributed by atoms with Crippen LogP contribution in [0.15, 0.2) is 30.5 Å². The first-order valence-electron chi connectivity index (χ1n) is 4.83. The highest BCUT2D eigenvalue weighted by Gasteiger charge is 2.04. The predicted octanol–water partition coefficient (Wildman–Crippen LogP) is 3.34. The van der Waals surface area contributed by atoms with Gasteiger partial charge in [0, 0.05) is 13.2 Å². The summed E-state index contributed by atoms with van der Waals surface area (Å²) in [4.78, 5) is 0. The molecule has 1 aromatic heterocycles. The van der Waals surface area contributed by atoms with Crippen molar-refractivity contribution in [3.63, 3.8) is 0 Å². The first kappa shape index (κ1) is 11.3. The van der Waals surface area contributed by atoms with Gasteiger partial charge in [-0.2, -0.15) is 5.10 Å². The number of halogens is 2. The highest BCUT2D eigenvalue weighted by molar-refractivity contribution is 6.43. The Morgan fingerprint density at radius 2 is 2.12 bits per heavy atom. The zero-order chi connectivity index (χ0) is 11.5. The smallest absolute Gasteiger partial charge is 0.0823 e. The van der Waals surface area contributed by atoms with Gasteiger partial charge in [-0.15, -0.1) is 0 Å². The maximum absolute atomic E-state index is 6.04. The molecule has 0 saturated carbocycles. The topological polar surface area (TPSA) is 29.9 Å². The van der Waals surface area contributed by atoms with E-state index in [-0.39, 0.29) is 0 Å². The van der Waals surface area contributed by atoms with Gasteiger partial charge in [0.05, 0.1) is 28.0 Å². The van der Waals surface area contributed by atoms with Crippen molar-refractivity contribution in [2.45, 2.75) is 6.54 Å². The van der Waals surface area contributed by atoms with Crippen molar-refractivity contribution in [3.8, 4) is 0 Å². The third-order valence-electron chi connectivity index (χ3n) is 2.18. The summed E-state index contributed by atoms with van der Waals surface area (Å²) in [5.41, 5.74) is 1.78. The van der Waals surface area contributed by atoms with Crippen LogP contribution in [0.4, 0.5) is 5.69 Å². The van der Waals surface area contributed by atoms with Crippen LogP contribution in [0, 0.1) is 0 Å². The van der Waals surface area contributed by atoms with E-state index in [1.807, 2.05) is 31.4 Å². The Morgan fingerprint density at radius 3 is 2.81 bits per heavy atom. The molecule has 1 N–H and O–H groups in total. The molecule has 0 saturated heterocycles. The molecule has 0 fully saturated rings. The van der Waals surface area contributed by atoms with Crippen molar-refractivity contribution in [2.24, 2.45) is 7.05 Å². The van der Waals surface area contributed by atoms with Crippen molar-refractivity contribution in [2.75, 3.05) is 5.32 Å². The zero-order valence-electron chi connectivity index (χ0n) is 8.74. The first-order valence-corrected chi connectivity index (χ1v) is 5.59. The number of hydrogen-bond donors (Lipinski definition) is 1. The molecular formula is C11H11Cl2N3. The van der Waals surface area contributed by atoms with Crippen molar-refractivity contribution in [1.82, 2.24) is 9.78 Å². The second-order valence-corrected chi connectivity index (χ2v) is 4.22. The number of nitrogens with zero attached hydrogens (tertiary/aromatic N) is 2. The molecule has 1 aromatic carbocycles. The Hall–Kier alpha value is -1.19. The second-order valence-electron chi connectivity index (χ2n) is 3.44. The van der Waals surface area contributed by atoms with E-state index in [2.05, 4.69) is 10.4 Å². The predicted molar refractivity (Wildman–Crippen MR) is 67.0 cm³/mol. The minimum atomic E-state index is 0.542. The lowest BCUT2D eigenvalue weighted by Gasteiger charge is -2.07. The molecule has 0 amide bonds. The van der Waals surface area contributed by atoms with Gasteiger partial charge in [0.2, 0.25) is 0 Å². The van der Waals surface area contributed by atoms with E-state index in [4.69, 9.17) is 23.2 Å². The molecule has 5 heteroatoms. The zero-order valence-corrected chi connectivity index (χ0v) is 10.3. The summed E-state index contributed by atoms with van der Waals surface area (Å²) in [5.74, 6) is 0. The number of aryl methyl sites for hydroxylation is 1. The average Bonchev–Trinajstić information content (AvgIpc) is 2.67. The molecule has 0 aliphatic carbocycles.